The molecule has 9 rings (SSSR count). The van der Waals surface area contributed by atoms with Crippen LogP contribution in [-0.2, 0) is 0 Å². The molecule has 1 aromatic heterocycles. The summed E-state index contributed by atoms with van der Waals surface area (Å²) in [6, 6.07) is 67.0. The second kappa shape index (κ2) is 11.8. The van der Waals surface area contributed by atoms with Crippen LogP contribution < -0.4 is 4.90 Å². The summed E-state index contributed by atoms with van der Waals surface area (Å²) < 4.78 is 6.29. The molecule has 0 saturated heterocycles. The number of hydrogen-bond acceptors (Lipinski definition) is 2. The third kappa shape index (κ3) is 4.92. The number of furan rings is 1. The predicted molar refractivity (Wildman–Crippen MR) is 202 cm³/mol. The lowest BCUT2D eigenvalue weighted by molar-refractivity contribution is 0.669. The van der Waals surface area contributed by atoms with Crippen LogP contribution in [0.25, 0.3) is 66.1 Å². The summed E-state index contributed by atoms with van der Waals surface area (Å²) in [6.45, 7) is 0. The molecule has 0 saturated carbocycles. The minimum atomic E-state index is 0.901. The van der Waals surface area contributed by atoms with E-state index in [0.29, 0.717) is 0 Å². The van der Waals surface area contributed by atoms with Gasteiger partial charge in [-0.05, 0) is 81.1 Å². The molecule has 0 aliphatic rings. The molecule has 0 fully saturated rings. The molecule has 0 atom stereocenters. The first-order valence-corrected chi connectivity index (χ1v) is 16.3. The zero-order valence-electron chi connectivity index (χ0n) is 26.3. The van der Waals surface area contributed by atoms with Gasteiger partial charge in [-0.15, -0.1) is 0 Å². The average Bonchev–Trinajstić information content (AvgIpc) is 3.56. The van der Waals surface area contributed by atoms with Crippen LogP contribution in [0, 0.1) is 0 Å². The zero-order chi connectivity index (χ0) is 31.9. The molecule has 9 aromatic rings. The molecule has 1 heterocycles. The van der Waals surface area contributed by atoms with Gasteiger partial charge in [-0.1, -0.05) is 146 Å². The average molecular weight is 614 g/mol. The first-order chi connectivity index (χ1) is 23.8. The van der Waals surface area contributed by atoms with Gasteiger partial charge in [0, 0.05) is 27.7 Å². The van der Waals surface area contributed by atoms with Gasteiger partial charge >= 0.3 is 0 Å². The number of hydrogen-bond donors (Lipinski definition) is 0. The van der Waals surface area contributed by atoms with E-state index >= 15 is 0 Å². The van der Waals surface area contributed by atoms with E-state index in [4.69, 9.17) is 4.42 Å². The van der Waals surface area contributed by atoms with E-state index in [9.17, 15) is 0 Å². The Bertz CT molecular complexity index is 2530. The standard InChI is InChI=1S/C46H31NO/c1-3-11-32(12-4-1)34-19-21-36(22-20-34)40-15-7-9-17-43(40)47(38-27-23-35(24-28-38)33-13-5-2-6-14-33)39-29-25-37-26-30-45-46(42(37)31-39)41-16-8-10-18-44(41)48-45/h1-31H. The van der Waals surface area contributed by atoms with Crippen LogP contribution in [0.4, 0.5) is 17.1 Å². The Morgan fingerprint density at radius 1 is 0.354 bits per heavy atom. The Hall–Kier alpha value is -6.38. The fourth-order valence-electron chi connectivity index (χ4n) is 6.92. The third-order valence-electron chi connectivity index (χ3n) is 9.28. The maximum absolute atomic E-state index is 6.29. The van der Waals surface area contributed by atoms with Crippen LogP contribution in [0.3, 0.4) is 0 Å². The van der Waals surface area contributed by atoms with Crippen molar-refractivity contribution in [2.24, 2.45) is 0 Å². The van der Waals surface area contributed by atoms with Crippen LogP contribution in [-0.4, -0.2) is 0 Å². The minimum absolute atomic E-state index is 0.901. The largest absolute Gasteiger partial charge is 0.456 e. The van der Waals surface area contributed by atoms with Crippen molar-refractivity contribution in [1.29, 1.82) is 0 Å². The van der Waals surface area contributed by atoms with Gasteiger partial charge in [-0.2, -0.15) is 0 Å². The highest BCUT2D eigenvalue weighted by Gasteiger charge is 2.19. The monoisotopic (exact) mass is 613 g/mol. The van der Waals surface area contributed by atoms with E-state index < -0.39 is 0 Å². The lowest BCUT2D eigenvalue weighted by Crippen LogP contribution is -2.11. The number of anilines is 3. The lowest BCUT2D eigenvalue weighted by Gasteiger charge is -2.28. The number of nitrogens with zero attached hydrogens (tertiary/aromatic N) is 1. The normalized spacial score (nSPS) is 11.3. The van der Waals surface area contributed by atoms with Gasteiger partial charge in [0.05, 0.1) is 5.69 Å². The molecule has 0 unspecified atom stereocenters. The second-order valence-corrected chi connectivity index (χ2v) is 12.2. The van der Waals surface area contributed by atoms with Crippen molar-refractivity contribution < 1.29 is 4.42 Å². The molecule has 0 radical (unpaired) electrons. The molecule has 0 N–H and O–H groups in total. The number of benzene rings is 8. The van der Waals surface area contributed by atoms with Crippen LogP contribution >= 0.6 is 0 Å². The fourth-order valence-corrected chi connectivity index (χ4v) is 6.92. The summed E-state index contributed by atoms with van der Waals surface area (Å²) in [7, 11) is 0. The number of fused-ring (bicyclic) bond motifs is 5. The van der Waals surface area contributed by atoms with E-state index in [1.165, 1.54) is 38.6 Å². The fraction of sp³-hybridized carbons (Fsp3) is 0. The van der Waals surface area contributed by atoms with Crippen molar-refractivity contribution in [1.82, 2.24) is 0 Å². The number of rotatable bonds is 6. The second-order valence-electron chi connectivity index (χ2n) is 12.2. The molecular formula is C46H31NO. The summed E-state index contributed by atoms with van der Waals surface area (Å²) in [4.78, 5) is 2.38. The van der Waals surface area contributed by atoms with Crippen LogP contribution in [0.5, 0.6) is 0 Å². The SMILES string of the molecule is c1ccc(-c2ccc(-c3ccccc3N(c3ccc(-c4ccccc4)cc3)c3ccc4ccc5oc6ccccc6c5c4c3)cc2)cc1. The van der Waals surface area contributed by atoms with Gasteiger partial charge in [0.2, 0.25) is 0 Å². The van der Waals surface area contributed by atoms with Crippen molar-refractivity contribution in [2.45, 2.75) is 0 Å². The lowest BCUT2D eigenvalue weighted by atomic mass is 9.97. The zero-order valence-corrected chi connectivity index (χ0v) is 26.3. The molecule has 0 aliphatic carbocycles. The molecule has 8 aromatic carbocycles. The Morgan fingerprint density at radius 3 is 1.62 bits per heavy atom. The van der Waals surface area contributed by atoms with Crippen molar-refractivity contribution >= 4 is 49.8 Å². The van der Waals surface area contributed by atoms with Crippen LogP contribution in [0.15, 0.2) is 192 Å². The highest BCUT2D eigenvalue weighted by Crippen LogP contribution is 2.44. The Kier molecular flexibility index (Phi) is 6.84. The van der Waals surface area contributed by atoms with Gasteiger partial charge in [0.15, 0.2) is 0 Å². The Balaban J connectivity index is 1.23. The first kappa shape index (κ1) is 27.9. The molecule has 0 spiro atoms. The first-order valence-electron chi connectivity index (χ1n) is 16.3. The Morgan fingerprint density at radius 2 is 0.896 bits per heavy atom. The highest BCUT2D eigenvalue weighted by molar-refractivity contribution is 6.19. The van der Waals surface area contributed by atoms with Gasteiger partial charge in [0.1, 0.15) is 11.2 Å². The van der Waals surface area contributed by atoms with E-state index in [1.807, 2.05) is 12.1 Å². The van der Waals surface area contributed by atoms with Crippen molar-refractivity contribution in [3.63, 3.8) is 0 Å². The van der Waals surface area contributed by atoms with Gasteiger partial charge < -0.3 is 9.32 Å². The Labute approximate surface area is 279 Å². The molecular weight excluding hydrogens is 583 g/mol. The molecule has 48 heavy (non-hydrogen) atoms. The van der Waals surface area contributed by atoms with E-state index in [-0.39, 0.29) is 0 Å². The topological polar surface area (TPSA) is 16.4 Å². The highest BCUT2D eigenvalue weighted by atomic mass is 16.3. The molecule has 0 bridgehead atoms. The van der Waals surface area contributed by atoms with E-state index in [2.05, 4.69) is 181 Å². The number of para-hydroxylation sites is 2. The quantitative estimate of drug-likeness (QED) is 0.185. The van der Waals surface area contributed by atoms with Crippen molar-refractivity contribution in [3.8, 4) is 33.4 Å². The molecule has 226 valence electrons. The summed E-state index contributed by atoms with van der Waals surface area (Å²) in [5, 5.41) is 4.63. The third-order valence-corrected chi connectivity index (χ3v) is 9.28. The van der Waals surface area contributed by atoms with Gasteiger partial charge in [-0.25, -0.2) is 0 Å². The summed E-state index contributed by atoms with van der Waals surface area (Å²) in [5.74, 6) is 0. The van der Waals surface area contributed by atoms with Crippen molar-refractivity contribution in [2.75, 3.05) is 4.90 Å². The smallest absolute Gasteiger partial charge is 0.136 e. The summed E-state index contributed by atoms with van der Waals surface area (Å²) in [6.07, 6.45) is 0. The van der Waals surface area contributed by atoms with Gasteiger partial charge in [0.25, 0.3) is 0 Å². The minimum Gasteiger partial charge on any atom is -0.456 e. The molecule has 0 amide bonds. The van der Waals surface area contributed by atoms with E-state index in [0.717, 1.165) is 44.6 Å². The van der Waals surface area contributed by atoms with Crippen LogP contribution in [0.2, 0.25) is 0 Å². The summed E-state index contributed by atoms with van der Waals surface area (Å²) >= 11 is 0. The van der Waals surface area contributed by atoms with Gasteiger partial charge in [-0.3, -0.25) is 0 Å². The maximum Gasteiger partial charge on any atom is 0.136 e. The van der Waals surface area contributed by atoms with Crippen molar-refractivity contribution in [3.05, 3.63) is 188 Å². The maximum atomic E-state index is 6.29. The summed E-state index contributed by atoms with van der Waals surface area (Å²) in [5.41, 5.74) is 12.2. The van der Waals surface area contributed by atoms with Crippen LogP contribution in [0.1, 0.15) is 0 Å². The molecule has 2 heteroatoms. The molecule has 0 aliphatic heterocycles. The van der Waals surface area contributed by atoms with E-state index in [1.54, 1.807) is 0 Å². The predicted octanol–water partition coefficient (Wildman–Crippen LogP) is 13.2. The molecule has 2 nitrogen and oxygen atoms in total.